The van der Waals surface area contributed by atoms with E-state index in [-0.39, 0.29) is 65.7 Å². The Morgan fingerprint density at radius 2 is 1.01 bits per heavy atom. The second kappa shape index (κ2) is 35.2. The topological polar surface area (TPSA) is 274 Å². The van der Waals surface area contributed by atoms with Crippen molar-refractivity contribution in [3.63, 3.8) is 0 Å². The number of nitrogens with zero attached hydrogens (tertiary/aromatic N) is 3. The zero-order chi connectivity index (χ0) is 52.7. The van der Waals surface area contributed by atoms with Crippen LogP contribution in [0.2, 0.25) is 0 Å². The molecule has 0 aromatic heterocycles. The van der Waals surface area contributed by atoms with Gasteiger partial charge in [0.25, 0.3) is 0 Å². The summed E-state index contributed by atoms with van der Waals surface area (Å²) >= 11 is 0. The Morgan fingerprint density at radius 3 is 1.38 bits per heavy atom. The van der Waals surface area contributed by atoms with Crippen LogP contribution in [0.4, 0.5) is 16.2 Å². The third-order valence-electron chi connectivity index (χ3n) is 12.5. The number of ether oxygens (including phenoxy) is 4. The second-order valence-electron chi connectivity index (χ2n) is 20.1. The molecule has 7 N–H and O–H groups in total. The molecule has 4 saturated heterocycles. The normalized spacial score (nSPS) is 23.1. The molecule has 1 saturated carbocycles. The number of anilines is 2. The van der Waals surface area contributed by atoms with Crippen LogP contribution in [0.5, 0.6) is 0 Å². The average Bonchev–Trinajstić information content (AvgIpc) is 4.22. The summed E-state index contributed by atoms with van der Waals surface area (Å²) < 4.78 is 19.6. The summed E-state index contributed by atoms with van der Waals surface area (Å²) in [6.07, 6.45) is 7.35. The quantitative estimate of drug-likeness (QED) is 0.150. The molecular formula is C54H83BLiN3O15. The predicted octanol–water partition coefficient (Wildman–Crippen LogP) is 3.54. The number of benzene rings is 3. The van der Waals surface area contributed by atoms with E-state index in [2.05, 4.69) is 30.4 Å². The molecule has 0 unspecified atom stereocenters. The summed E-state index contributed by atoms with van der Waals surface area (Å²) in [5.74, 6) is 0.254. The zero-order valence-electron chi connectivity index (χ0n) is 45.3. The van der Waals surface area contributed by atoms with Gasteiger partial charge >= 0.3 is 55.9 Å². The number of carbonyl (C=O) groups is 5. The first-order chi connectivity index (χ1) is 33.6. The van der Waals surface area contributed by atoms with Gasteiger partial charge in [0, 0.05) is 44.2 Å². The Balaban J connectivity index is 0.000000881. The number of amides is 1. The van der Waals surface area contributed by atoms with Crippen molar-refractivity contribution < 1.29 is 93.0 Å². The second-order valence-corrected chi connectivity index (χ2v) is 20.1. The van der Waals surface area contributed by atoms with Crippen LogP contribution in [0.3, 0.4) is 0 Å². The minimum atomic E-state index is -1.34. The Morgan fingerprint density at radius 1 is 0.595 bits per heavy atom. The van der Waals surface area contributed by atoms with E-state index in [1.54, 1.807) is 45.0 Å². The van der Waals surface area contributed by atoms with E-state index in [0.29, 0.717) is 36.2 Å². The van der Waals surface area contributed by atoms with E-state index in [1.165, 1.54) is 38.4 Å². The maximum atomic E-state index is 11.8. The van der Waals surface area contributed by atoms with Crippen LogP contribution >= 0.6 is 0 Å². The summed E-state index contributed by atoms with van der Waals surface area (Å²) in [6, 6.07) is 27.2. The van der Waals surface area contributed by atoms with Gasteiger partial charge in [0.2, 0.25) is 0 Å². The van der Waals surface area contributed by atoms with Crippen molar-refractivity contribution in [2.24, 2.45) is 29.6 Å². The minimum absolute atomic E-state index is 0. The van der Waals surface area contributed by atoms with Gasteiger partial charge in [-0.3, -0.25) is 9.69 Å². The van der Waals surface area contributed by atoms with Gasteiger partial charge in [-0.1, -0.05) is 94.4 Å². The summed E-state index contributed by atoms with van der Waals surface area (Å²) in [5, 5.41) is 35.3. The summed E-state index contributed by atoms with van der Waals surface area (Å²) in [4.78, 5) is 61.9. The molecule has 18 nitrogen and oxygen atoms in total. The van der Waals surface area contributed by atoms with Gasteiger partial charge in [-0.25, -0.2) is 19.2 Å². The molecule has 5 fully saturated rings. The minimum Gasteiger partial charge on any atom is -0.870 e. The van der Waals surface area contributed by atoms with Gasteiger partial charge in [-0.05, 0) is 126 Å². The molecule has 8 rings (SSSR count). The molecule has 0 bridgehead atoms. The first-order valence-electron chi connectivity index (χ1n) is 24.9. The third-order valence-corrected chi connectivity index (χ3v) is 12.5. The number of aliphatic carboxylic acids is 2. The number of carboxylic acid groups (broad SMARTS) is 2. The van der Waals surface area contributed by atoms with E-state index in [0.717, 1.165) is 63.4 Å². The molecule has 0 spiro atoms. The van der Waals surface area contributed by atoms with Crippen molar-refractivity contribution in [1.82, 2.24) is 4.90 Å². The molecule has 74 heavy (non-hydrogen) atoms. The standard InChI is InChI=1S/C13H17NO2.C12H15NO2.C11H19NO4.C8H14O2.C6H7BO2.C4H8O.Li.2H2O/c1-10-8-12(13(15)16-2)14(9-10)11-6-4-3-5-7-11;1-9-7-11(12(14)15)13(8-9)10-5-3-2-4-6-10;1-7-5-8(9(13)14)12(6-7)10(15)16-11(2,3)4;1-6-3-4-7(5-6)8(9)10-2;8-7(9)6-4-2-1-3-5-6;1-2-4-5-3-1;;;/h3-7,10,12H,8-9H2,1-2H3;2-6,9,11H,7-8H2,1H3,(H,14,15);7-8H,5-6H2,1-4H3,(H,13,14);6-7H,3-5H2,1-2H3;1-5,8-9H;1-4H2;;2*1H2/q;;;;;;+1;;/p-1/t10-,12+;9-,11+;7-,8+;6-,7-;;;;;/m1110...../s1. The number of esters is 2. The maximum Gasteiger partial charge on any atom is 1.00 e. The first kappa shape index (κ1) is 68.9. The van der Waals surface area contributed by atoms with E-state index in [4.69, 9.17) is 34.5 Å². The predicted molar refractivity (Wildman–Crippen MR) is 281 cm³/mol. The van der Waals surface area contributed by atoms with Crippen LogP contribution in [-0.2, 0) is 38.1 Å². The van der Waals surface area contributed by atoms with Gasteiger partial charge in [0.15, 0.2) is 0 Å². The molecule has 3 aromatic carbocycles. The number of likely N-dealkylation sites (tertiary alicyclic amines) is 1. The molecule has 0 radical (unpaired) electrons. The first-order valence-corrected chi connectivity index (χ1v) is 24.9. The largest absolute Gasteiger partial charge is 1.00 e. The van der Waals surface area contributed by atoms with Crippen molar-refractivity contribution in [2.45, 2.75) is 124 Å². The zero-order valence-corrected chi connectivity index (χ0v) is 45.3. The number of hydrogen-bond donors (Lipinski definition) is 4. The van der Waals surface area contributed by atoms with Crippen molar-refractivity contribution >= 4 is 53.9 Å². The molecule has 20 heteroatoms. The van der Waals surface area contributed by atoms with Crippen LogP contribution in [0.25, 0.3) is 0 Å². The van der Waals surface area contributed by atoms with Gasteiger partial charge in [0.1, 0.15) is 23.7 Å². The Kier molecular flexibility index (Phi) is 32.8. The van der Waals surface area contributed by atoms with Crippen molar-refractivity contribution in [3.05, 3.63) is 91.0 Å². The fourth-order valence-electron chi connectivity index (χ4n) is 9.02. The fraction of sp³-hybridized carbons (Fsp3) is 0.574. The molecule has 5 aliphatic rings. The summed E-state index contributed by atoms with van der Waals surface area (Å²) in [6.45, 7) is 17.9. The molecule has 3 aromatic rings. The maximum absolute atomic E-state index is 11.8. The molecule has 4 aliphatic heterocycles. The molecule has 1 aliphatic carbocycles. The van der Waals surface area contributed by atoms with Crippen molar-refractivity contribution in [2.75, 3.05) is 56.9 Å². The Hall–Kier alpha value is -5.13. The van der Waals surface area contributed by atoms with Gasteiger partial charge in [-0.2, -0.15) is 0 Å². The molecular weight excluding hydrogens is 948 g/mol. The fourth-order valence-corrected chi connectivity index (χ4v) is 9.02. The molecule has 8 atom stereocenters. The third kappa shape index (κ3) is 24.0. The van der Waals surface area contributed by atoms with Gasteiger partial charge in [-0.15, -0.1) is 0 Å². The van der Waals surface area contributed by atoms with Crippen LogP contribution in [0.15, 0.2) is 91.0 Å². The van der Waals surface area contributed by atoms with Crippen LogP contribution in [0, 0.1) is 29.6 Å². The van der Waals surface area contributed by atoms with E-state index in [9.17, 15) is 24.0 Å². The van der Waals surface area contributed by atoms with E-state index >= 15 is 0 Å². The smallest absolute Gasteiger partial charge is 0.870 e. The van der Waals surface area contributed by atoms with E-state index in [1.807, 2.05) is 78.6 Å². The number of methoxy groups -OCH3 is 2. The number of carbonyl (C=O) groups excluding carboxylic acids is 3. The number of rotatable bonds is 7. The molecule has 4 heterocycles. The van der Waals surface area contributed by atoms with Gasteiger partial charge < -0.3 is 60.0 Å². The van der Waals surface area contributed by atoms with E-state index < -0.39 is 36.8 Å². The van der Waals surface area contributed by atoms with Crippen molar-refractivity contribution in [3.8, 4) is 0 Å². The summed E-state index contributed by atoms with van der Waals surface area (Å²) in [5.41, 5.74) is 2.04. The van der Waals surface area contributed by atoms with Crippen LogP contribution < -0.4 is 34.1 Å². The van der Waals surface area contributed by atoms with Crippen LogP contribution in [0.1, 0.15) is 99.8 Å². The molecule has 1 amide bonds. The molecule has 408 valence electrons. The number of carboxylic acids is 2. The Bertz CT molecular complexity index is 2040. The number of hydrogen-bond acceptors (Lipinski definition) is 14. The van der Waals surface area contributed by atoms with Crippen molar-refractivity contribution in [1.29, 1.82) is 0 Å². The average molecular weight is 1030 g/mol. The van der Waals surface area contributed by atoms with Gasteiger partial charge in [0.05, 0.1) is 20.1 Å². The SMILES string of the molecule is C1CCOC1.COC(=O)[C@@H]1C[C@@H](C)CN1c1ccccc1.COC(=O)[C@H]1CC[C@H](C)C1.C[C@@H]1C[C@@H](C(=O)O)N(C(=O)OC(C)(C)C)C1.C[C@@H]1C[C@@H](C(=O)O)N(c2ccccc2)C1.O.OB(O)c1ccccc1.[Li+].[OH-]. The number of para-hydroxylation sites is 2. The van der Waals surface area contributed by atoms with Crippen LogP contribution in [-0.4, -0.2) is 144 Å². The Labute approximate surface area is 451 Å². The monoisotopic (exact) mass is 1030 g/mol. The summed E-state index contributed by atoms with van der Waals surface area (Å²) in [7, 11) is 1.58.